The van der Waals surface area contributed by atoms with Crippen molar-refractivity contribution in [2.24, 2.45) is 5.92 Å². The number of aromatic hydroxyl groups is 1. The summed E-state index contributed by atoms with van der Waals surface area (Å²) in [5.74, 6) is 1.01. The molecular weight excluding hydrogens is 421 g/mol. The molecule has 1 aliphatic heterocycles. The van der Waals surface area contributed by atoms with Crippen LogP contribution in [-0.4, -0.2) is 48.8 Å². The molecule has 1 heterocycles. The van der Waals surface area contributed by atoms with Crippen LogP contribution < -0.4 is 9.47 Å². The van der Waals surface area contributed by atoms with Crippen molar-refractivity contribution < 1.29 is 23.8 Å². The van der Waals surface area contributed by atoms with Crippen LogP contribution in [0.15, 0.2) is 36.4 Å². The molecule has 31 heavy (non-hydrogen) atoms. The highest BCUT2D eigenvalue weighted by atomic mass is 35.5. The number of rotatable bonds is 6. The predicted molar refractivity (Wildman–Crippen MR) is 119 cm³/mol. The van der Waals surface area contributed by atoms with Crippen LogP contribution in [0.5, 0.6) is 17.2 Å². The molecule has 0 saturated carbocycles. The molecule has 2 aliphatic rings. The topological polar surface area (TPSA) is 59.0 Å². The van der Waals surface area contributed by atoms with Crippen molar-refractivity contribution in [3.8, 4) is 17.2 Å². The maximum Gasteiger partial charge on any atom is 0.200 e. The number of carbonyl (C=O) groups is 1. The van der Waals surface area contributed by atoms with Crippen molar-refractivity contribution in [3.05, 3.63) is 53.1 Å². The number of ether oxygens (including phenoxy) is 2. The maximum absolute atomic E-state index is 15.8. The predicted octanol–water partition coefficient (Wildman–Crippen LogP) is 4.58. The lowest BCUT2D eigenvalue weighted by atomic mass is 9.83. The van der Waals surface area contributed by atoms with Gasteiger partial charge in [0.15, 0.2) is 17.2 Å². The Morgan fingerprint density at radius 2 is 1.71 bits per heavy atom. The van der Waals surface area contributed by atoms with E-state index in [0.29, 0.717) is 22.6 Å². The summed E-state index contributed by atoms with van der Waals surface area (Å²) in [5.41, 5.74) is 0.422. The molecule has 5 nitrogen and oxygen atoms in total. The van der Waals surface area contributed by atoms with Crippen LogP contribution >= 0.6 is 12.4 Å². The molecule has 0 radical (unpaired) electrons. The first-order valence-corrected chi connectivity index (χ1v) is 10.4. The summed E-state index contributed by atoms with van der Waals surface area (Å²) in [7, 11) is 3.05. The van der Waals surface area contributed by atoms with Crippen LogP contribution in [0, 0.1) is 5.92 Å². The first-order valence-electron chi connectivity index (χ1n) is 10.4. The van der Waals surface area contributed by atoms with Gasteiger partial charge in [-0.05, 0) is 73.7 Å². The zero-order chi connectivity index (χ0) is 21.3. The van der Waals surface area contributed by atoms with Gasteiger partial charge in [0.25, 0.3) is 0 Å². The number of alkyl halides is 1. The normalized spacial score (nSPS) is 21.5. The Labute approximate surface area is 188 Å². The lowest BCUT2D eigenvalue weighted by molar-refractivity contribution is 0.0587. The Morgan fingerprint density at radius 3 is 2.32 bits per heavy atom. The third-order valence-electron chi connectivity index (χ3n) is 6.39. The number of phenolic OH excluding ortho intramolecular Hbond substituents is 1. The zero-order valence-corrected chi connectivity index (χ0v) is 18.7. The molecule has 0 bridgehead atoms. The smallest absolute Gasteiger partial charge is 0.200 e. The molecule has 1 N–H and O–H groups in total. The summed E-state index contributed by atoms with van der Waals surface area (Å²) in [5, 5.41) is 9.41. The molecule has 1 atom stereocenters. The molecule has 168 valence electrons. The number of hydrogen-bond donors (Lipinski definition) is 1. The second-order valence-corrected chi connectivity index (χ2v) is 8.43. The van der Waals surface area contributed by atoms with Gasteiger partial charge in [-0.1, -0.05) is 12.1 Å². The van der Waals surface area contributed by atoms with E-state index in [2.05, 4.69) is 4.90 Å². The van der Waals surface area contributed by atoms with Crippen LogP contribution in [0.4, 0.5) is 4.39 Å². The first-order chi connectivity index (χ1) is 14.4. The Balaban J connectivity index is 0.00000272. The van der Waals surface area contributed by atoms with Crippen LogP contribution in [0.3, 0.4) is 0 Å². The highest BCUT2D eigenvalue weighted by Crippen LogP contribution is 2.43. The van der Waals surface area contributed by atoms with Gasteiger partial charge in [-0.2, -0.15) is 0 Å². The Hall–Kier alpha value is -2.31. The molecule has 7 heteroatoms. The molecule has 1 aliphatic carbocycles. The molecule has 1 unspecified atom stereocenters. The third kappa shape index (κ3) is 4.80. The molecular formula is C24H29ClFNO4. The summed E-state index contributed by atoms with van der Waals surface area (Å²) in [6, 6.07) is 10.6. The fourth-order valence-electron chi connectivity index (χ4n) is 4.73. The van der Waals surface area contributed by atoms with Crippen molar-refractivity contribution in [1.29, 1.82) is 0 Å². The van der Waals surface area contributed by atoms with Crippen molar-refractivity contribution in [1.82, 2.24) is 4.90 Å². The lowest BCUT2D eigenvalue weighted by Crippen LogP contribution is -2.38. The molecule has 2 aromatic carbocycles. The first kappa shape index (κ1) is 23.4. The van der Waals surface area contributed by atoms with Gasteiger partial charge in [-0.25, -0.2) is 4.39 Å². The minimum Gasteiger partial charge on any atom is -0.508 e. The van der Waals surface area contributed by atoms with Gasteiger partial charge in [0.05, 0.1) is 14.2 Å². The van der Waals surface area contributed by atoms with E-state index in [1.165, 1.54) is 14.2 Å². The number of piperidine rings is 1. The minimum atomic E-state index is -1.84. The number of methoxy groups -OCH3 is 2. The second-order valence-electron chi connectivity index (χ2n) is 8.43. The largest absolute Gasteiger partial charge is 0.508 e. The van der Waals surface area contributed by atoms with Crippen molar-refractivity contribution in [2.45, 2.75) is 37.9 Å². The summed E-state index contributed by atoms with van der Waals surface area (Å²) < 4.78 is 26.3. The summed E-state index contributed by atoms with van der Waals surface area (Å²) in [6.07, 6.45) is 2.12. The van der Waals surface area contributed by atoms with Crippen molar-refractivity contribution in [2.75, 3.05) is 27.3 Å². The van der Waals surface area contributed by atoms with Crippen LogP contribution in [0.1, 0.15) is 40.7 Å². The highest BCUT2D eigenvalue weighted by molar-refractivity contribution is 6.07. The standard InChI is InChI=1S/C24H28FNO4.ClH/c1-29-21-11-18-14-24(25,23(28)20(18)12-22(21)30-2)13-16-7-9-26(10-8-16)15-17-3-5-19(27)6-4-17;/h3-6,11-12,16,27H,7-10,13-15H2,1-2H3;1H. The number of fused-ring (bicyclic) bond motifs is 1. The van der Waals surface area contributed by atoms with E-state index in [1.54, 1.807) is 24.3 Å². The van der Waals surface area contributed by atoms with Gasteiger partial charge in [0.2, 0.25) is 5.78 Å². The fraction of sp³-hybridized carbons (Fsp3) is 0.458. The summed E-state index contributed by atoms with van der Waals surface area (Å²) in [4.78, 5) is 15.2. The maximum atomic E-state index is 15.8. The number of carbonyl (C=O) groups excluding carboxylic acids is 1. The number of likely N-dealkylation sites (tertiary alicyclic amines) is 1. The molecule has 0 spiro atoms. The molecule has 1 fully saturated rings. The molecule has 4 rings (SSSR count). The number of ketones is 1. The average Bonchev–Trinajstić information content (AvgIpc) is 2.99. The van der Waals surface area contributed by atoms with E-state index in [9.17, 15) is 9.90 Å². The van der Waals surface area contributed by atoms with E-state index in [4.69, 9.17) is 9.47 Å². The van der Waals surface area contributed by atoms with E-state index < -0.39 is 11.5 Å². The molecule has 0 amide bonds. The Kier molecular flexibility index (Phi) is 7.12. The monoisotopic (exact) mass is 449 g/mol. The van der Waals surface area contributed by atoms with Gasteiger partial charge < -0.3 is 14.6 Å². The van der Waals surface area contributed by atoms with Crippen LogP contribution in [0.2, 0.25) is 0 Å². The van der Waals surface area contributed by atoms with E-state index in [0.717, 1.165) is 38.0 Å². The third-order valence-corrected chi connectivity index (χ3v) is 6.39. The van der Waals surface area contributed by atoms with Gasteiger partial charge in [0.1, 0.15) is 5.75 Å². The Bertz CT molecular complexity index is 928. The van der Waals surface area contributed by atoms with Gasteiger partial charge >= 0.3 is 0 Å². The van der Waals surface area contributed by atoms with Gasteiger partial charge in [0, 0.05) is 18.5 Å². The highest BCUT2D eigenvalue weighted by Gasteiger charge is 2.48. The second kappa shape index (κ2) is 9.45. The number of benzene rings is 2. The van der Waals surface area contributed by atoms with Crippen molar-refractivity contribution in [3.63, 3.8) is 0 Å². The average molecular weight is 450 g/mol. The van der Waals surface area contributed by atoms with Crippen LogP contribution in [0.25, 0.3) is 0 Å². The van der Waals surface area contributed by atoms with Crippen molar-refractivity contribution >= 4 is 18.2 Å². The van der Waals surface area contributed by atoms with E-state index in [-0.39, 0.29) is 36.9 Å². The van der Waals surface area contributed by atoms with Gasteiger partial charge in [-0.15, -0.1) is 12.4 Å². The quantitative estimate of drug-likeness (QED) is 0.699. The van der Waals surface area contributed by atoms with Gasteiger partial charge in [-0.3, -0.25) is 9.69 Å². The van der Waals surface area contributed by atoms with E-state index in [1.807, 2.05) is 12.1 Å². The number of phenols is 1. The zero-order valence-electron chi connectivity index (χ0n) is 17.9. The minimum absolute atomic E-state index is 0. The number of hydrogen-bond acceptors (Lipinski definition) is 5. The SMILES string of the molecule is COc1cc2c(cc1OC)C(=O)C(F)(CC1CCN(Cc3ccc(O)cc3)CC1)C2.Cl. The van der Waals surface area contributed by atoms with Crippen LogP contribution in [-0.2, 0) is 13.0 Å². The molecule has 0 aromatic heterocycles. The number of Topliss-reactive ketones (excluding diaryl/α,β-unsaturated/α-hetero) is 1. The molecule has 2 aromatic rings. The number of nitrogens with zero attached hydrogens (tertiary/aromatic N) is 1. The fourth-order valence-corrected chi connectivity index (χ4v) is 4.73. The summed E-state index contributed by atoms with van der Waals surface area (Å²) >= 11 is 0. The Morgan fingerprint density at radius 1 is 1.10 bits per heavy atom. The number of halogens is 2. The summed E-state index contributed by atoms with van der Waals surface area (Å²) in [6.45, 7) is 2.58. The van der Waals surface area contributed by atoms with E-state index >= 15 is 4.39 Å². The lowest BCUT2D eigenvalue weighted by Gasteiger charge is -2.34. The molecule has 1 saturated heterocycles.